The summed E-state index contributed by atoms with van der Waals surface area (Å²) in [6, 6.07) is 5.79. The number of rotatable bonds is 7. The van der Waals surface area contributed by atoms with Gasteiger partial charge in [0.1, 0.15) is 0 Å². The fraction of sp³-hybridized carbons (Fsp3) is 0.533. The number of anilines is 1. The molecule has 0 fully saturated rings. The molecule has 1 aromatic carbocycles. The molecule has 2 N–H and O–H groups in total. The van der Waals surface area contributed by atoms with Crippen molar-refractivity contribution in [3.63, 3.8) is 0 Å². The lowest BCUT2D eigenvalue weighted by Crippen LogP contribution is -2.28. The number of carbonyl (C=O) groups excluding carboxylic acids is 1. The maximum Gasteiger partial charge on any atom is 0.253 e. The minimum Gasteiger partial charge on any atom is -0.385 e. The predicted molar refractivity (Wildman–Crippen MR) is 85.8 cm³/mol. The van der Waals surface area contributed by atoms with Crippen LogP contribution in [0.2, 0.25) is 0 Å². The molecule has 0 aliphatic heterocycles. The highest BCUT2D eigenvalue weighted by atomic mass is 32.2. The van der Waals surface area contributed by atoms with Gasteiger partial charge in [0.05, 0.1) is 5.56 Å². The van der Waals surface area contributed by atoms with E-state index in [4.69, 9.17) is 0 Å². The zero-order chi connectivity index (χ0) is 15.1. The SMILES string of the molecule is CCNc1ccc(C)cc1C(=O)NCCC(C)S(C)=O. The summed E-state index contributed by atoms with van der Waals surface area (Å²) in [4.78, 5) is 12.2. The van der Waals surface area contributed by atoms with Gasteiger partial charge in [-0.15, -0.1) is 0 Å². The third-order valence-corrected chi connectivity index (χ3v) is 4.56. The van der Waals surface area contributed by atoms with E-state index < -0.39 is 10.8 Å². The first-order chi connectivity index (χ1) is 9.45. The Hall–Kier alpha value is -1.36. The van der Waals surface area contributed by atoms with Crippen LogP contribution in [0.15, 0.2) is 18.2 Å². The van der Waals surface area contributed by atoms with Crippen LogP contribution < -0.4 is 10.6 Å². The van der Waals surface area contributed by atoms with Gasteiger partial charge in [0, 0.05) is 41.1 Å². The standard InChI is InChI=1S/C15H24N2O2S/c1-5-16-14-7-6-11(2)10-13(14)15(18)17-9-8-12(3)20(4)19/h6-7,10,12,16H,5,8-9H2,1-4H3,(H,17,18). The molecule has 4 nitrogen and oxygen atoms in total. The normalized spacial score (nSPS) is 13.6. The topological polar surface area (TPSA) is 58.2 Å². The average molecular weight is 296 g/mol. The summed E-state index contributed by atoms with van der Waals surface area (Å²) >= 11 is 0. The molecule has 0 radical (unpaired) electrons. The van der Waals surface area contributed by atoms with E-state index in [1.807, 2.05) is 39.0 Å². The number of nitrogens with one attached hydrogen (secondary N) is 2. The van der Waals surface area contributed by atoms with E-state index in [0.29, 0.717) is 12.1 Å². The Morgan fingerprint density at radius 2 is 2.10 bits per heavy atom. The lowest BCUT2D eigenvalue weighted by molar-refractivity contribution is 0.0954. The van der Waals surface area contributed by atoms with Crippen LogP contribution in [0.25, 0.3) is 0 Å². The van der Waals surface area contributed by atoms with Crippen LogP contribution in [0.5, 0.6) is 0 Å². The molecule has 0 aromatic heterocycles. The van der Waals surface area contributed by atoms with Crippen LogP contribution >= 0.6 is 0 Å². The minimum atomic E-state index is -0.844. The van der Waals surface area contributed by atoms with Gasteiger partial charge in [-0.3, -0.25) is 9.00 Å². The van der Waals surface area contributed by atoms with E-state index in [1.165, 1.54) is 0 Å². The second-order valence-electron chi connectivity index (χ2n) is 4.93. The molecule has 0 bridgehead atoms. The summed E-state index contributed by atoms with van der Waals surface area (Å²) < 4.78 is 11.3. The Morgan fingerprint density at radius 1 is 1.40 bits per heavy atom. The summed E-state index contributed by atoms with van der Waals surface area (Å²) in [6.45, 7) is 7.21. The molecular weight excluding hydrogens is 272 g/mol. The molecule has 112 valence electrons. The molecule has 20 heavy (non-hydrogen) atoms. The summed E-state index contributed by atoms with van der Waals surface area (Å²) in [5.74, 6) is -0.0845. The Bertz CT molecular complexity index is 489. The predicted octanol–water partition coefficient (Wildman–Crippen LogP) is 2.31. The third-order valence-electron chi connectivity index (χ3n) is 3.19. The van der Waals surface area contributed by atoms with Crippen molar-refractivity contribution in [2.24, 2.45) is 0 Å². The second-order valence-corrected chi connectivity index (χ2v) is 6.74. The van der Waals surface area contributed by atoms with Gasteiger partial charge in [0.15, 0.2) is 0 Å². The summed E-state index contributed by atoms with van der Waals surface area (Å²) in [5, 5.41) is 6.19. The third kappa shape index (κ3) is 4.96. The van der Waals surface area contributed by atoms with Crippen LogP contribution in [-0.4, -0.2) is 34.7 Å². The smallest absolute Gasteiger partial charge is 0.253 e. The van der Waals surface area contributed by atoms with Crippen molar-refractivity contribution in [1.82, 2.24) is 5.32 Å². The number of aryl methyl sites for hydroxylation is 1. The molecule has 1 rings (SSSR count). The Labute approximate surface area is 123 Å². The number of benzene rings is 1. The quantitative estimate of drug-likeness (QED) is 0.812. The minimum absolute atomic E-state index is 0.0845. The van der Waals surface area contributed by atoms with Crippen molar-refractivity contribution in [2.75, 3.05) is 24.7 Å². The van der Waals surface area contributed by atoms with Crippen molar-refractivity contribution in [3.05, 3.63) is 29.3 Å². The van der Waals surface area contributed by atoms with E-state index >= 15 is 0 Å². The van der Waals surface area contributed by atoms with Gasteiger partial charge in [0.25, 0.3) is 5.91 Å². The molecule has 1 amide bonds. The molecule has 0 aliphatic rings. The second kappa shape index (κ2) is 8.04. The van der Waals surface area contributed by atoms with Crippen molar-refractivity contribution < 1.29 is 9.00 Å². The zero-order valence-corrected chi connectivity index (χ0v) is 13.5. The van der Waals surface area contributed by atoms with Gasteiger partial charge >= 0.3 is 0 Å². The van der Waals surface area contributed by atoms with E-state index in [9.17, 15) is 9.00 Å². The first-order valence-corrected chi connectivity index (χ1v) is 8.52. The van der Waals surface area contributed by atoms with E-state index in [2.05, 4.69) is 10.6 Å². The molecule has 5 heteroatoms. The number of hydrogen-bond donors (Lipinski definition) is 2. The number of hydrogen-bond acceptors (Lipinski definition) is 3. The highest BCUT2D eigenvalue weighted by Crippen LogP contribution is 2.17. The largest absolute Gasteiger partial charge is 0.385 e. The maximum atomic E-state index is 12.2. The number of amides is 1. The lowest BCUT2D eigenvalue weighted by atomic mass is 10.1. The van der Waals surface area contributed by atoms with Gasteiger partial charge in [-0.05, 0) is 32.4 Å². The van der Waals surface area contributed by atoms with E-state index in [-0.39, 0.29) is 11.2 Å². The van der Waals surface area contributed by atoms with Crippen molar-refractivity contribution >= 4 is 22.4 Å². The molecule has 0 saturated carbocycles. The van der Waals surface area contributed by atoms with Gasteiger partial charge in [-0.25, -0.2) is 0 Å². The fourth-order valence-corrected chi connectivity index (χ4v) is 2.29. The summed E-state index contributed by atoms with van der Waals surface area (Å²) in [6.07, 6.45) is 2.41. The van der Waals surface area contributed by atoms with Gasteiger partial charge in [-0.1, -0.05) is 18.6 Å². The molecule has 0 aliphatic carbocycles. The van der Waals surface area contributed by atoms with Gasteiger partial charge in [0.2, 0.25) is 0 Å². The Balaban J connectivity index is 2.67. The Kier molecular flexibility index (Phi) is 6.71. The highest BCUT2D eigenvalue weighted by Gasteiger charge is 2.12. The van der Waals surface area contributed by atoms with E-state index in [1.54, 1.807) is 6.26 Å². The Morgan fingerprint density at radius 3 is 2.70 bits per heavy atom. The van der Waals surface area contributed by atoms with E-state index in [0.717, 1.165) is 24.2 Å². The van der Waals surface area contributed by atoms with Gasteiger partial charge in [-0.2, -0.15) is 0 Å². The van der Waals surface area contributed by atoms with Crippen LogP contribution in [0, 0.1) is 6.92 Å². The van der Waals surface area contributed by atoms with Gasteiger partial charge < -0.3 is 10.6 Å². The van der Waals surface area contributed by atoms with Crippen LogP contribution in [0.1, 0.15) is 36.2 Å². The van der Waals surface area contributed by atoms with Crippen molar-refractivity contribution in [1.29, 1.82) is 0 Å². The highest BCUT2D eigenvalue weighted by molar-refractivity contribution is 7.84. The maximum absolute atomic E-state index is 12.2. The first kappa shape index (κ1) is 16.7. The molecule has 1 aromatic rings. The molecule has 0 spiro atoms. The lowest BCUT2D eigenvalue weighted by Gasteiger charge is -2.13. The van der Waals surface area contributed by atoms with Crippen LogP contribution in [-0.2, 0) is 10.8 Å². The van der Waals surface area contributed by atoms with Crippen LogP contribution in [0.4, 0.5) is 5.69 Å². The summed E-state index contributed by atoms with van der Waals surface area (Å²) in [5.41, 5.74) is 2.57. The monoisotopic (exact) mass is 296 g/mol. The molecular formula is C15H24N2O2S. The fourth-order valence-electron chi connectivity index (χ4n) is 1.84. The molecule has 0 heterocycles. The molecule has 0 saturated heterocycles. The first-order valence-electron chi connectivity index (χ1n) is 6.90. The molecule has 2 atom stereocenters. The zero-order valence-electron chi connectivity index (χ0n) is 12.7. The summed E-state index contributed by atoms with van der Waals surface area (Å²) in [7, 11) is -0.844. The molecule has 2 unspecified atom stereocenters. The van der Waals surface area contributed by atoms with Crippen LogP contribution in [0.3, 0.4) is 0 Å². The van der Waals surface area contributed by atoms with Crippen molar-refractivity contribution in [3.8, 4) is 0 Å². The number of carbonyl (C=O) groups is 1. The van der Waals surface area contributed by atoms with Crippen molar-refractivity contribution in [2.45, 2.75) is 32.4 Å². The average Bonchev–Trinajstić information content (AvgIpc) is 2.40.